The zero-order valence-electron chi connectivity index (χ0n) is 16.4. The Morgan fingerprint density at radius 1 is 1.04 bits per heavy atom. The number of hydrogen-bond donors (Lipinski definition) is 1. The van der Waals surface area contributed by atoms with E-state index in [9.17, 15) is 4.79 Å². The average Bonchev–Trinajstić information content (AvgIpc) is 3.08. The molecular weight excluding hydrogens is 352 g/mol. The van der Waals surface area contributed by atoms with E-state index in [2.05, 4.69) is 36.2 Å². The quantitative estimate of drug-likeness (QED) is 0.733. The van der Waals surface area contributed by atoms with Crippen molar-refractivity contribution in [2.24, 2.45) is 0 Å². The Morgan fingerprint density at radius 2 is 1.75 bits per heavy atom. The lowest BCUT2D eigenvalue weighted by Crippen LogP contribution is -2.35. The first-order chi connectivity index (χ1) is 13.6. The van der Waals surface area contributed by atoms with Crippen molar-refractivity contribution in [2.75, 3.05) is 27.3 Å². The van der Waals surface area contributed by atoms with E-state index in [4.69, 9.17) is 9.47 Å². The second-order valence-corrected chi connectivity index (χ2v) is 6.94. The Labute approximate surface area is 164 Å². The molecule has 0 unspecified atom stereocenters. The van der Waals surface area contributed by atoms with Gasteiger partial charge in [0.2, 0.25) is 0 Å². The summed E-state index contributed by atoms with van der Waals surface area (Å²) in [6.45, 7) is 3.33. The minimum atomic E-state index is -0.0692. The van der Waals surface area contributed by atoms with Gasteiger partial charge in [0.15, 0.2) is 0 Å². The number of amides is 1. The normalized spacial score (nSPS) is 14.1. The van der Waals surface area contributed by atoms with Gasteiger partial charge in [-0.1, -0.05) is 30.3 Å². The topological polar surface area (TPSA) is 54.6 Å². The van der Waals surface area contributed by atoms with Crippen molar-refractivity contribution in [1.82, 2.24) is 9.88 Å². The van der Waals surface area contributed by atoms with Gasteiger partial charge in [0, 0.05) is 35.2 Å². The maximum Gasteiger partial charge on any atom is 0.261 e. The number of nitrogens with zero attached hydrogens (tertiary/aromatic N) is 1. The SMILES string of the molecule is COc1cccc(OC)c1C(=O)N1CC=C(c2c(C)[nH]c3ccccc23)CC1. The van der Waals surface area contributed by atoms with Crippen LogP contribution in [0.2, 0.25) is 0 Å². The zero-order chi connectivity index (χ0) is 19.7. The number of benzene rings is 2. The molecule has 0 fully saturated rings. The van der Waals surface area contributed by atoms with Crippen molar-refractivity contribution in [3.8, 4) is 11.5 Å². The summed E-state index contributed by atoms with van der Waals surface area (Å²) in [6.07, 6.45) is 2.97. The number of H-pyrrole nitrogens is 1. The van der Waals surface area contributed by atoms with Crippen molar-refractivity contribution in [2.45, 2.75) is 13.3 Å². The first-order valence-corrected chi connectivity index (χ1v) is 9.41. The minimum absolute atomic E-state index is 0.0692. The summed E-state index contributed by atoms with van der Waals surface area (Å²) in [5, 5.41) is 1.23. The number of nitrogens with one attached hydrogen (secondary N) is 1. The molecule has 1 N–H and O–H groups in total. The molecule has 4 rings (SSSR count). The molecule has 0 atom stereocenters. The van der Waals surface area contributed by atoms with Crippen LogP contribution in [0.25, 0.3) is 16.5 Å². The highest BCUT2D eigenvalue weighted by Gasteiger charge is 2.26. The number of aryl methyl sites for hydroxylation is 1. The Balaban J connectivity index is 1.63. The van der Waals surface area contributed by atoms with Gasteiger partial charge in [-0.15, -0.1) is 0 Å². The molecule has 0 radical (unpaired) electrons. The van der Waals surface area contributed by atoms with Crippen LogP contribution in [-0.4, -0.2) is 43.1 Å². The summed E-state index contributed by atoms with van der Waals surface area (Å²) in [6, 6.07) is 13.7. The van der Waals surface area contributed by atoms with Crippen molar-refractivity contribution in [3.05, 3.63) is 65.4 Å². The summed E-state index contributed by atoms with van der Waals surface area (Å²) in [5.74, 6) is 0.999. The van der Waals surface area contributed by atoms with Crippen LogP contribution >= 0.6 is 0 Å². The van der Waals surface area contributed by atoms with Gasteiger partial charge in [-0.2, -0.15) is 0 Å². The number of aromatic amines is 1. The summed E-state index contributed by atoms with van der Waals surface area (Å²) < 4.78 is 10.8. The largest absolute Gasteiger partial charge is 0.496 e. The zero-order valence-corrected chi connectivity index (χ0v) is 16.4. The summed E-state index contributed by atoms with van der Waals surface area (Å²) in [4.78, 5) is 18.5. The van der Waals surface area contributed by atoms with Crippen LogP contribution in [0.1, 0.15) is 28.0 Å². The van der Waals surface area contributed by atoms with Crippen LogP contribution in [0.15, 0.2) is 48.5 Å². The van der Waals surface area contributed by atoms with Crippen molar-refractivity contribution in [1.29, 1.82) is 0 Å². The third-order valence-corrected chi connectivity index (χ3v) is 5.35. The molecule has 0 spiro atoms. The molecule has 1 aliphatic rings. The van der Waals surface area contributed by atoms with E-state index in [1.165, 1.54) is 22.2 Å². The predicted molar refractivity (Wildman–Crippen MR) is 111 cm³/mol. The number of fused-ring (bicyclic) bond motifs is 1. The monoisotopic (exact) mass is 376 g/mol. The van der Waals surface area contributed by atoms with Crippen LogP contribution in [-0.2, 0) is 0 Å². The van der Waals surface area contributed by atoms with Gasteiger partial charge in [-0.05, 0) is 37.1 Å². The fraction of sp³-hybridized carbons (Fsp3) is 0.261. The Bertz CT molecular complexity index is 1040. The number of ether oxygens (including phenoxy) is 2. The average molecular weight is 376 g/mol. The van der Waals surface area contributed by atoms with Crippen LogP contribution in [0, 0.1) is 6.92 Å². The minimum Gasteiger partial charge on any atom is -0.496 e. The molecule has 1 aliphatic heterocycles. The third-order valence-electron chi connectivity index (χ3n) is 5.35. The van der Waals surface area contributed by atoms with Gasteiger partial charge in [0.25, 0.3) is 5.91 Å². The van der Waals surface area contributed by atoms with E-state index < -0.39 is 0 Å². The van der Waals surface area contributed by atoms with Crippen LogP contribution in [0.5, 0.6) is 11.5 Å². The second-order valence-electron chi connectivity index (χ2n) is 6.94. The molecule has 2 heterocycles. The van der Waals surface area contributed by atoms with Gasteiger partial charge in [-0.3, -0.25) is 4.79 Å². The van der Waals surface area contributed by atoms with E-state index in [0.717, 1.165) is 11.9 Å². The smallest absolute Gasteiger partial charge is 0.261 e. The van der Waals surface area contributed by atoms with E-state index >= 15 is 0 Å². The van der Waals surface area contributed by atoms with Gasteiger partial charge < -0.3 is 19.4 Å². The molecule has 1 amide bonds. The molecule has 5 nitrogen and oxygen atoms in total. The van der Waals surface area contributed by atoms with Crippen LogP contribution < -0.4 is 9.47 Å². The molecular formula is C23H24N2O3. The summed E-state index contributed by atoms with van der Waals surface area (Å²) >= 11 is 0. The number of para-hydroxylation sites is 1. The van der Waals surface area contributed by atoms with Gasteiger partial charge in [0.1, 0.15) is 17.1 Å². The molecule has 5 heteroatoms. The lowest BCUT2D eigenvalue weighted by Gasteiger charge is -2.28. The molecule has 3 aromatic rings. The van der Waals surface area contributed by atoms with Crippen LogP contribution in [0.3, 0.4) is 0 Å². The maximum absolute atomic E-state index is 13.2. The molecule has 0 saturated heterocycles. The van der Waals surface area contributed by atoms with E-state index in [1.54, 1.807) is 26.4 Å². The number of aromatic nitrogens is 1. The number of methoxy groups -OCH3 is 2. The Morgan fingerprint density at radius 3 is 2.39 bits per heavy atom. The molecule has 28 heavy (non-hydrogen) atoms. The molecule has 0 saturated carbocycles. The summed E-state index contributed by atoms with van der Waals surface area (Å²) in [5.41, 5.74) is 5.34. The standard InChI is InChI=1S/C23H24N2O3/c1-15-21(17-7-4-5-8-18(17)24-15)16-11-13-25(14-12-16)23(26)22-19(27-2)9-6-10-20(22)28-3/h4-11,24H,12-14H2,1-3H3. The predicted octanol–water partition coefficient (Wildman–Crippen LogP) is 4.42. The lowest BCUT2D eigenvalue weighted by molar-refractivity contribution is 0.0766. The highest BCUT2D eigenvalue weighted by atomic mass is 16.5. The molecule has 0 aliphatic carbocycles. The van der Waals surface area contributed by atoms with Gasteiger partial charge >= 0.3 is 0 Å². The number of carbonyl (C=O) groups excluding carboxylic acids is 1. The molecule has 1 aromatic heterocycles. The molecule has 0 bridgehead atoms. The van der Waals surface area contributed by atoms with Gasteiger partial charge in [0.05, 0.1) is 14.2 Å². The fourth-order valence-electron chi connectivity index (χ4n) is 3.99. The molecule has 144 valence electrons. The molecule has 2 aromatic carbocycles. The number of rotatable bonds is 4. The lowest BCUT2D eigenvalue weighted by atomic mass is 9.96. The van der Waals surface area contributed by atoms with Crippen LogP contribution in [0.4, 0.5) is 0 Å². The van der Waals surface area contributed by atoms with E-state index in [1.807, 2.05) is 17.0 Å². The fourth-order valence-corrected chi connectivity index (χ4v) is 3.99. The van der Waals surface area contributed by atoms with Crippen molar-refractivity contribution in [3.63, 3.8) is 0 Å². The Kier molecular flexibility index (Phi) is 4.82. The first-order valence-electron chi connectivity index (χ1n) is 9.41. The van der Waals surface area contributed by atoms with Crippen molar-refractivity contribution < 1.29 is 14.3 Å². The highest BCUT2D eigenvalue weighted by Crippen LogP contribution is 2.34. The third kappa shape index (κ3) is 3.03. The summed E-state index contributed by atoms with van der Waals surface area (Å²) in [7, 11) is 3.14. The van der Waals surface area contributed by atoms with E-state index in [0.29, 0.717) is 30.2 Å². The van der Waals surface area contributed by atoms with Gasteiger partial charge in [-0.25, -0.2) is 0 Å². The maximum atomic E-state index is 13.2. The van der Waals surface area contributed by atoms with Crippen molar-refractivity contribution >= 4 is 22.4 Å². The highest BCUT2D eigenvalue weighted by molar-refractivity contribution is 6.00. The number of carbonyl (C=O) groups is 1. The second kappa shape index (κ2) is 7.43. The first kappa shape index (κ1) is 18.2. The Hall–Kier alpha value is -3.21. The van der Waals surface area contributed by atoms with E-state index in [-0.39, 0.29) is 5.91 Å². The number of hydrogen-bond acceptors (Lipinski definition) is 3.